The monoisotopic (exact) mass is 394 g/mol. The number of halogens is 1. The second-order valence-corrected chi connectivity index (χ2v) is 7.81. The second-order valence-electron chi connectivity index (χ2n) is 6.13. The van der Waals surface area contributed by atoms with Crippen LogP contribution in [-0.2, 0) is 14.8 Å². The number of benzene rings is 2. The molecule has 0 bridgehead atoms. The number of carbonyl (C=O) groups excluding carboxylic acids is 1. The fraction of sp³-hybridized carbons (Fsp3) is 0.316. The summed E-state index contributed by atoms with van der Waals surface area (Å²) in [5.74, 6) is -0.299. The van der Waals surface area contributed by atoms with Crippen LogP contribution in [0.1, 0.15) is 26.7 Å². The van der Waals surface area contributed by atoms with Crippen molar-refractivity contribution in [2.24, 2.45) is 0 Å². The van der Waals surface area contributed by atoms with Crippen LogP contribution in [0, 0.1) is 5.82 Å². The standard InChI is InChI=1S/C19H23FN2O4S/c1-3-4-14(2)21-19(23)13-26-17-9-11-18(12-10-17)27(24,25)22-16-7-5-15(20)6-8-16/h5-12,14,22H,3-4,13H2,1-2H3,(H,21,23)/t14-/m1/s1. The zero-order valence-corrected chi connectivity index (χ0v) is 16.1. The molecule has 0 unspecified atom stereocenters. The summed E-state index contributed by atoms with van der Waals surface area (Å²) in [5.41, 5.74) is 0.259. The Hall–Kier alpha value is -2.61. The van der Waals surface area contributed by atoms with Gasteiger partial charge in [0.15, 0.2) is 6.61 Å². The summed E-state index contributed by atoms with van der Waals surface area (Å²) < 4.78 is 45.3. The van der Waals surface area contributed by atoms with Crippen molar-refractivity contribution >= 4 is 21.6 Å². The minimum atomic E-state index is -3.80. The third-order valence-corrected chi connectivity index (χ3v) is 5.13. The van der Waals surface area contributed by atoms with Crippen LogP contribution < -0.4 is 14.8 Å². The Morgan fingerprint density at radius 2 is 1.74 bits per heavy atom. The molecule has 1 atom stereocenters. The zero-order valence-electron chi connectivity index (χ0n) is 15.2. The van der Waals surface area contributed by atoms with Gasteiger partial charge in [0.25, 0.3) is 15.9 Å². The van der Waals surface area contributed by atoms with Crippen molar-refractivity contribution < 1.29 is 22.3 Å². The maximum atomic E-state index is 12.9. The lowest BCUT2D eigenvalue weighted by molar-refractivity contribution is -0.123. The number of anilines is 1. The van der Waals surface area contributed by atoms with Crippen molar-refractivity contribution in [3.63, 3.8) is 0 Å². The molecule has 2 aromatic carbocycles. The molecular formula is C19H23FN2O4S. The highest BCUT2D eigenvalue weighted by Crippen LogP contribution is 2.19. The minimum absolute atomic E-state index is 0.0280. The summed E-state index contributed by atoms with van der Waals surface area (Å²) in [6, 6.07) is 10.8. The van der Waals surface area contributed by atoms with E-state index >= 15 is 0 Å². The quantitative estimate of drug-likeness (QED) is 0.683. The average Bonchev–Trinajstić information content (AvgIpc) is 2.62. The molecule has 0 spiro atoms. The lowest BCUT2D eigenvalue weighted by Gasteiger charge is -2.13. The van der Waals surface area contributed by atoms with Crippen LogP contribution in [0.15, 0.2) is 53.4 Å². The highest BCUT2D eigenvalue weighted by molar-refractivity contribution is 7.92. The maximum absolute atomic E-state index is 12.9. The summed E-state index contributed by atoms with van der Waals surface area (Å²) in [4.78, 5) is 11.8. The predicted octanol–water partition coefficient (Wildman–Crippen LogP) is 3.31. The van der Waals surface area contributed by atoms with Crippen LogP contribution in [-0.4, -0.2) is 27.0 Å². The molecule has 0 fully saturated rings. The molecule has 0 saturated carbocycles. The van der Waals surface area contributed by atoms with Gasteiger partial charge in [-0.25, -0.2) is 12.8 Å². The fourth-order valence-electron chi connectivity index (χ4n) is 2.42. The summed E-state index contributed by atoms with van der Waals surface area (Å²) in [6.45, 7) is 3.82. The SMILES string of the molecule is CCC[C@@H](C)NC(=O)COc1ccc(S(=O)(=O)Nc2ccc(F)cc2)cc1. The molecule has 146 valence electrons. The Kier molecular flexibility index (Phi) is 7.18. The van der Waals surface area contributed by atoms with Crippen LogP contribution in [0.5, 0.6) is 5.75 Å². The van der Waals surface area contributed by atoms with Gasteiger partial charge in [0.1, 0.15) is 11.6 Å². The first-order chi connectivity index (χ1) is 12.8. The van der Waals surface area contributed by atoms with E-state index in [1.165, 1.54) is 48.5 Å². The van der Waals surface area contributed by atoms with Crippen molar-refractivity contribution in [2.45, 2.75) is 37.6 Å². The van der Waals surface area contributed by atoms with Gasteiger partial charge < -0.3 is 10.1 Å². The third kappa shape index (κ3) is 6.56. The maximum Gasteiger partial charge on any atom is 0.261 e. The average molecular weight is 394 g/mol. The smallest absolute Gasteiger partial charge is 0.261 e. The van der Waals surface area contributed by atoms with E-state index in [-0.39, 0.29) is 29.1 Å². The molecule has 0 aliphatic heterocycles. The van der Waals surface area contributed by atoms with E-state index in [1.807, 2.05) is 13.8 Å². The number of ether oxygens (including phenoxy) is 1. The number of hydrogen-bond acceptors (Lipinski definition) is 4. The molecular weight excluding hydrogens is 371 g/mol. The van der Waals surface area contributed by atoms with E-state index in [0.29, 0.717) is 5.75 Å². The molecule has 0 radical (unpaired) electrons. The number of sulfonamides is 1. The molecule has 27 heavy (non-hydrogen) atoms. The van der Waals surface area contributed by atoms with Gasteiger partial charge in [0.05, 0.1) is 4.90 Å². The molecule has 2 N–H and O–H groups in total. The van der Waals surface area contributed by atoms with Gasteiger partial charge in [0.2, 0.25) is 0 Å². The number of nitrogens with one attached hydrogen (secondary N) is 2. The largest absolute Gasteiger partial charge is 0.484 e. The van der Waals surface area contributed by atoms with Gasteiger partial charge in [-0.15, -0.1) is 0 Å². The number of hydrogen-bond donors (Lipinski definition) is 2. The molecule has 1 amide bonds. The summed E-state index contributed by atoms with van der Waals surface area (Å²) in [6.07, 6.45) is 1.86. The normalized spacial score (nSPS) is 12.3. The second kappa shape index (κ2) is 9.36. The topological polar surface area (TPSA) is 84.5 Å². The van der Waals surface area contributed by atoms with Crippen molar-refractivity contribution in [3.05, 3.63) is 54.3 Å². The Labute approximate surface area is 158 Å². The van der Waals surface area contributed by atoms with Gasteiger partial charge in [-0.3, -0.25) is 9.52 Å². The molecule has 6 nitrogen and oxygen atoms in total. The highest BCUT2D eigenvalue weighted by atomic mass is 32.2. The van der Waals surface area contributed by atoms with Crippen molar-refractivity contribution in [2.75, 3.05) is 11.3 Å². The lowest BCUT2D eigenvalue weighted by atomic mass is 10.2. The summed E-state index contributed by atoms with van der Waals surface area (Å²) in [5, 5.41) is 2.82. The molecule has 8 heteroatoms. The Balaban J connectivity index is 1.93. The van der Waals surface area contributed by atoms with E-state index in [0.717, 1.165) is 12.8 Å². The zero-order chi connectivity index (χ0) is 19.9. The van der Waals surface area contributed by atoms with Gasteiger partial charge in [-0.05, 0) is 61.9 Å². The number of rotatable bonds is 9. The molecule has 2 aromatic rings. The summed E-state index contributed by atoms with van der Waals surface area (Å²) >= 11 is 0. The first kappa shape index (κ1) is 20.7. The van der Waals surface area contributed by atoms with E-state index in [1.54, 1.807) is 0 Å². The number of carbonyl (C=O) groups is 1. The van der Waals surface area contributed by atoms with Crippen LogP contribution in [0.3, 0.4) is 0 Å². The number of amides is 1. The molecule has 2 rings (SSSR count). The Bertz CT molecular complexity index is 852. The highest BCUT2D eigenvalue weighted by Gasteiger charge is 2.14. The molecule has 0 aromatic heterocycles. The van der Waals surface area contributed by atoms with Crippen LogP contribution >= 0.6 is 0 Å². The predicted molar refractivity (Wildman–Crippen MR) is 102 cm³/mol. The summed E-state index contributed by atoms with van der Waals surface area (Å²) in [7, 11) is -3.80. The molecule has 0 saturated heterocycles. The van der Waals surface area contributed by atoms with E-state index in [9.17, 15) is 17.6 Å². The molecule has 0 heterocycles. The lowest BCUT2D eigenvalue weighted by Crippen LogP contribution is -2.35. The van der Waals surface area contributed by atoms with Crippen LogP contribution in [0.25, 0.3) is 0 Å². The first-order valence-electron chi connectivity index (χ1n) is 8.61. The van der Waals surface area contributed by atoms with Gasteiger partial charge in [-0.2, -0.15) is 0 Å². The van der Waals surface area contributed by atoms with Crippen molar-refractivity contribution in [1.29, 1.82) is 0 Å². The van der Waals surface area contributed by atoms with Crippen molar-refractivity contribution in [1.82, 2.24) is 5.32 Å². The fourth-order valence-corrected chi connectivity index (χ4v) is 3.48. The Morgan fingerprint density at radius 3 is 2.33 bits per heavy atom. The molecule has 0 aliphatic rings. The van der Waals surface area contributed by atoms with E-state index in [2.05, 4.69) is 10.0 Å². The van der Waals surface area contributed by atoms with Crippen molar-refractivity contribution in [3.8, 4) is 5.75 Å². The minimum Gasteiger partial charge on any atom is -0.484 e. The third-order valence-electron chi connectivity index (χ3n) is 3.73. The molecule has 0 aliphatic carbocycles. The Morgan fingerprint density at radius 1 is 1.11 bits per heavy atom. The van der Waals surface area contributed by atoms with E-state index < -0.39 is 15.8 Å². The van der Waals surface area contributed by atoms with Gasteiger partial charge in [-0.1, -0.05) is 13.3 Å². The van der Waals surface area contributed by atoms with Crippen LogP contribution in [0.4, 0.5) is 10.1 Å². The van der Waals surface area contributed by atoms with Crippen LogP contribution in [0.2, 0.25) is 0 Å². The van der Waals surface area contributed by atoms with E-state index in [4.69, 9.17) is 4.74 Å². The first-order valence-corrected chi connectivity index (χ1v) is 10.1. The van der Waals surface area contributed by atoms with Gasteiger partial charge in [0, 0.05) is 11.7 Å². The van der Waals surface area contributed by atoms with Gasteiger partial charge >= 0.3 is 0 Å².